The summed E-state index contributed by atoms with van der Waals surface area (Å²) in [5, 5.41) is 5.51. The second kappa shape index (κ2) is 6.37. The van der Waals surface area contributed by atoms with Crippen molar-refractivity contribution in [3.8, 4) is 5.75 Å². The average molecular weight is 278 g/mol. The largest absolute Gasteiger partial charge is 0.487 e. The minimum atomic E-state index is 0.482. The van der Waals surface area contributed by atoms with Crippen LogP contribution in [0.2, 0.25) is 0 Å². The molecule has 0 spiro atoms. The highest BCUT2D eigenvalue weighted by Gasteiger charge is 2.00. The minimum absolute atomic E-state index is 0.482. The van der Waals surface area contributed by atoms with E-state index in [1.165, 1.54) is 10.8 Å². The first-order valence-electron chi connectivity index (χ1n) is 7.06. The van der Waals surface area contributed by atoms with Crippen LogP contribution in [0.5, 0.6) is 5.75 Å². The second-order valence-corrected chi connectivity index (χ2v) is 4.95. The lowest BCUT2D eigenvalue weighted by atomic mass is 10.1. The van der Waals surface area contributed by atoms with Crippen molar-refractivity contribution in [2.45, 2.75) is 13.2 Å². The van der Waals surface area contributed by atoms with Crippen LogP contribution >= 0.6 is 0 Å². The predicted molar refractivity (Wildman–Crippen MR) is 85.3 cm³/mol. The molecule has 0 amide bonds. The maximum atomic E-state index is 5.85. The second-order valence-electron chi connectivity index (χ2n) is 4.95. The van der Waals surface area contributed by atoms with E-state index in [-0.39, 0.29) is 0 Å². The van der Waals surface area contributed by atoms with Gasteiger partial charge in [0.2, 0.25) is 0 Å². The molecule has 0 radical (unpaired) electrons. The van der Waals surface area contributed by atoms with Gasteiger partial charge in [-0.2, -0.15) is 0 Å². The number of hydrogen-bond acceptors (Lipinski definition) is 3. The monoisotopic (exact) mass is 278 g/mol. The lowest BCUT2D eigenvalue weighted by Gasteiger charge is -2.08. The van der Waals surface area contributed by atoms with Crippen molar-refractivity contribution in [1.29, 1.82) is 0 Å². The maximum Gasteiger partial charge on any atom is 0.130 e. The number of fused-ring (bicyclic) bond motifs is 1. The molecule has 21 heavy (non-hydrogen) atoms. The van der Waals surface area contributed by atoms with E-state index in [0.29, 0.717) is 6.61 Å². The van der Waals surface area contributed by atoms with Crippen LogP contribution in [0, 0.1) is 0 Å². The molecule has 0 atom stereocenters. The van der Waals surface area contributed by atoms with Gasteiger partial charge < -0.3 is 10.1 Å². The number of aromatic nitrogens is 1. The summed E-state index contributed by atoms with van der Waals surface area (Å²) in [4.78, 5) is 4.55. The summed E-state index contributed by atoms with van der Waals surface area (Å²) in [7, 11) is 1.92. The Morgan fingerprint density at radius 3 is 2.57 bits per heavy atom. The number of pyridine rings is 1. The van der Waals surface area contributed by atoms with E-state index in [0.717, 1.165) is 23.7 Å². The highest BCUT2D eigenvalue weighted by atomic mass is 16.5. The van der Waals surface area contributed by atoms with E-state index < -0.39 is 0 Å². The van der Waals surface area contributed by atoms with Gasteiger partial charge in [-0.15, -0.1) is 0 Å². The van der Waals surface area contributed by atoms with Crippen LogP contribution in [-0.2, 0) is 13.2 Å². The Morgan fingerprint density at radius 1 is 0.905 bits per heavy atom. The molecule has 0 unspecified atom stereocenters. The molecule has 1 N–H and O–H groups in total. The first-order valence-corrected chi connectivity index (χ1v) is 7.06. The fourth-order valence-corrected chi connectivity index (χ4v) is 2.30. The van der Waals surface area contributed by atoms with Crippen LogP contribution in [0.25, 0.3) is 10.8 Å². The molecular formula is C18H18N2O. The predicted octanol–water partition coefficient (Wildman–Crippen LogP) is 3.53. The Hall–Kier alpha value is -2.39. The SMILES string of the molecule is CNCc1cccc(COc2ccc3ccccc3c2)n1. The molecule has 0 saturated heterocycles. The molecule has 3 rings (SSSR count). The Morgan fingerprint density at radius 2 is 1.71 bits per heavy atom. The van der Waals surface area contributed by atoms with E-state index >= 15 is 0 Å². The van der Waals surface area contributed by atoms with Gasteiger partial charge in [0.1, 0.15) is 12.4 Å². The van der Waals surface area contributed by atoms with Crippen LogP contribution in [0.3, 0.4) is 0 Å². The molecular weight excluding hydrogens is 260 g/mol. The third-order valence-corrected chi connectivity index (χ3v) is 3.33. The van der Waals surface area contributed by atoms with Crippen molar-refractivity contribution in [2.24, 2.45) is 0 Å². The summed E-state index contributed by atoms with van der Waals surface area (Å²) in [6, 6.07) is 20.4. The zero-order valence-corrected chi connectivity index (χ0v) is 12.0. The van der Waals surface area contributed by atoms with Crippen molar-refractivity contribution in [3.05, 3.63) is 72.1 Å². The van der Waals surface area contributed by atoms with Gasteiger partial charge in [0, 0.05) is 6.54 Å². The highest BCUT2D eigenvalue weighted by molar-refractivity contribution is 5.83. The van der Waals surface area contributed by atoms with Crippen LogP contribution in [0.1, 0.15) is 11.4 Å². The molecule has 0 aliphatic carbocycles. The topological polar surface area (TPSA) is 34.1 Å². The van der Waals surface area contributed by atoms with Gasteiger partial charge in [0.25, 0.3) is 0 Å². The summed E-state index contributed by atoms with van der Waals surface area (Å²) >= 11 is 0. The standard InChI is InChI=1S/C18H18N2O/c1-19-12-16-7-4-8-17(20-16)13-21-18-10-9-14-5-2-3-6-15(14)11-18/h2-11,19H,12-13H2,1H3. The van der Waals surface area contributed by atoms with Crippen molar-refractivity contribution >= 4 is 10.8 Å². The van der Waals surface area contributed by atoms with Gasteiger partial charge in [-0.05, 0) is 42.1 Å². The van der Waals surface area contributed by atoms with Crippen molar-refractivity contribution in [3.63, 3.8) is 0 Å². The number of nitrogens with zero attached hydrogens (tertiary/aromatic N) is 1. The van der Waals surface area contributed by atoms with Gasteiger partial charge in [-0.25, -0.2) is 0 Å². The summed E-state index contributed by atoms with van der Waals surface area (Å²) in [6.07, 6.45) is 0. The molecule has 3 aromatic rings. The van der Waals surface area contributed by atoms with E-state index in [1.54, 1.807) is 0 Å². The molecule has 1 aromatic heterocycles. The molecule has 0 fully saturated rings. The van der Waals surface area contributed by atoms with Gasteiger partial charge in [0.15, 0.2) is 0 Å². The molecule has 0 aliphatic heterocycles. The van der Waals surface area contributed by atoms with Crippen LogP contribution in [0.4, 0.5) is 0 Å². The molecule has 1 heterocycles. The Bertz CT molecular complexity index is 740. The van der Waals surface area contributed by atoms with E-state index in [2.05, 4.69) is 34.6 Å². The first-order chi connectivity index (χ1) is 10.3. The molecule has 0 saturated carbocycles. The van der Waals surface area contributed by atoms with Crippen LogP contribution in [0.15, 0.2) is 60.7 Å². The third kappa shape index (κ3) is 3.38. The number of nitrogens with one attached hydrogen (secondary N) is 1. The van der Waals surface area contributed by atoms with E-state index in [4.69, 9.17) is 4.74 Å². The zero-order valence-electron chi connectivity index (χ0n) is 12.0. The van der Waals surface area contributed by atoms with Gasteiger partial charge in [-0.1, -0.05) is 36.4 Å². The van der Waals surface area contributed by atoms with Crippen LogP contribution < -0.4 is 10.1 Å². The highest BCUT2D eigenvalue weighted by Crippen LogP contribution is 2.21. The van der Waals surface area contributed by atoms with Crippen molar-refractivity contribution in [2.75, 3.05) is 7.05 Å². The summed E-state index contributed by atoms with van der Waals surface area (Å²) in [6.45, 7) is 1.25. The normalized spacial score (nSPS) is 10.7. The quantitative estimate of drug-likeness (QED) is 0.775. The van der Waals surface area contributed by atoms with Crippen LogP contribution in [-0.4, -0.2) is 12.0 Å². The molecule has 106 valence electrons. The smallest absolute Gasteiger partial charge is 0.130 e. The van der Waals surface area contributed by atoms with E-state index in [1.807, 2.05) is 43.4 Å². The number of ether oxygens (including phenoxy) is 1. The summed E-state index contributed by atoms with van der Waals surface area (Å²) in [5.74, 6) is 0.870. The van der Waals surface area contributed by atoms with Crippen molar-refractivity contribution in [1.82, 2.24) is 10.3 Å². The lowest BCUT2D eigenvalue weighted by molar-refractivity contribution is 0.301. The molecule has 2 aromatic carbocycles. The molecule has 0 aliphatic rings. The van der Waals surface area contributed by atoms with E-state index in [9.17, 15) is 0 Å². The first kappa shape index (κ1) is 13.6. The Labute approximate surface area is 124 Å². The Kier molecular flexibility index (Phi) is 4.12. The number of benzene rings is 2. The average Bonchev–Trinajstić information content (AvgIpc) is 2.53. The summed E-state index contributed by atoms with van der Waals surface area (Å²) < 4.78 is 5.85. The van der Waals surface area contributed by atoms with Crippen molar-refractivity contribution < 1.29 is 4.74 Å². The minimum Gasteiger partial charge on any atom is -0.487 e. The molecule has 3 heteroatoms. The lowest BCUT2D eigenvalue weighted by Crippen LogP contribution is -2.08. The molecule has 3 nitrogen and oxygen atoms in total. The van der Waals surface area contributed by atoms with Gasteiger partial charge in [-0.3, -0.25) is 4.98 Å². The fraction of sp³-hybridized carbons (Fsp3) is 0.167. The number of rotatable bonds is 5. The Balaban J connectivity index is 1.72. The third-order valence-electron chi connectivity index (χ3n) is 3.33. The van der Waals surface area contributed by atoms with Gasteiger partial charge in [0.05, 0.1) is 11.4 Å². The summed E-state index contributed by atoms with van der Waals surface area (Å²) in [5.41, 5.74) is 1.97. The zero-order chi connectivity index (χ0) is 14.5. The molecule has 0 bridgehead atoms. The number of hydrogen-bond donors (Lipinski definition) is 1. The maximum absolute atomic E-state index is 5.85. The fourth-order valence-electron chi connectivity index (χ4n) is 2.30. The van der Waals surface area contributed by atoms with Gasteiger partial charge >= 0.3 is 0 Å².